The molecule has 0 saturated carbocycles. The maximum Gasteiger partial charge on any atom is 0.0688 e. The Bertz CT molecular complexity index is 131. The van der Waals surface area contributed by atoms with Gasteiger partial charge in [-0.15, -0.1) is 0 Å². The van der Waals surface area contributed by atoms with Gasteiger partial charge in [-0.25, -0.2) is 0 Å². The molecule has 0 aromatic carbocycles. The van der Waals surface area contributed by atoms with Crippen molar-refractivity contribution in [2.24, 2.45) is 0 Å². The van der Waals surface area contributed by atoms with Gasteiger partial charge in [0.1, 0.15) is 0 Å². The van der Waals surface area contributed by atoms with Crippen LogP contribution in [-0.2, 0) is 9.47 Å². The van der Waals surface area contributed by atoms with E-state index in [0.717, 1.165) is 13.0 Å². The third-order valence-corrected chi connectivity index (χ3v) is 4.05. The monoisotopic (exact) mass is 328 g/mol. The Labute approximate surface area is 108 Å². The van der Waals surface area contributed by atoms with Gasteiger partial charge in [0.05, 0.1) is 6.10 Å². The van der Waals surface area contributed by atoms with E-state index in [1.165, 1.54) is 32.1 Å². The molecular weight excluding hydrogens is 303 g/mol. The zero-order valence-electron chi connectivity index (χ0n) is 10.3. The predicted octanol–water partition coefficient (Wildman–Crippen LogP) is 3.81. The maximum atomic E-state index is 5.54. The average molecular weight is 328 g/mol. The highest BCUT2D eigenvalue weighted by molar-refractivity contribution is 14.1. The van der Waals surface area contributed by atoms with Crippen LogP contribution in [0.4, 0.5) is 0 Å². The fraction of sp³-hybridized carbons (Fsp3) is 1.00. The van der Waals surface area contributed by atoms with Crippen molar-refractivity contribution in [3.63, 3.8) is 0 Å². The van der Waals surface area contributed by atoms with Gasteiger partial charge in [0.25, 0.3) is 0 Å². The molecule has 0 aliphatic rings. The molecule has 92 valence electrons. The van der Waals surface area contributed by atoms with Crippen LogP contribution in [0.15, 0.2) is 0 Å². The fourth-order valence-corrected chi connectivity index (χ4v) is 2.74. The van der Waals surface area contributed by atoms with Crippen LogP contribution in [-0.4, -0.2) is 30.9 Å². The largest absolute Gasteiger partial charge is 0.385 e. The van der Waals surface area contributed by atoms with Crippen LogP contribution in [0.25, 0.3) is 0 Å². The Morgan fingerprint density at radius 1 is 1.07 bits per heavy atom. The summed E-state index contributed by atoms with van der Waals surface area (Å²) in [5, 5.41) is 0. The lowest BCUT2D eigenvalue weighted by Gasteiger charge is -2.21. The van der Waals surface area contributed by atoms with Gasteiger partial charge < -0.3 is 9.47 Å². The van der Waals surface area contributed by atoms with Gasteiger partial charge in [0.2, 0.25) is 0 Å². The maximum absolute atomic E-state index is 5.54. The Morgan fingerprint density at radius 3 is 2.33 bits per heavy atom. The number of rotatable bonds is 10. The van der Waals surface area contributed by atoms with E-state index >= 15 is 0 Å². The molecule has 15 heavy (non-hydrogen) atoms. The predicted molar refractivity (Wildman–Crippen MR) is 73.9 cm³/mol. The molecule has 0 N–H and O–H groups in total. The quantitative estimate of drug-likeness (QED) is 0.345. The van der Waals surface area contributed by atoms with E-state index in [9.17, 15) is 0 Å². The number of alkyl halides is 1. The molecule has 0 aliphatic heterocycles. The third-order valence-electron chi connectivity index (χ3n) is 2.63. The van der Waals surface area contributed by atoms with Crippen molar-refractivity contribution in [1.29, 1.82) is 0 Å². The normalized spacial score (nSPS) is 15.2. The van der Waals surface area contributed by atoms with Crippen LogP contribution < -0.4 is 0 Å². The van der Waals surface area contributed by atoms with E-state index in [2.05, 4.69) is 29.5 Å². The molecule has 0 aliphatic carbocycles. The Balaban J connectivity index is 3.62. The summed E-state index contributed by atoms with van der Waals surface area (Å²) in [5.41, 5.74) is 0. The highest BCUT2D eigenvalue weighted by Crippen LogP contribution is 2.20. The van der Waals surface area contributed by atoms with Crippen molar-refractivity contribution in [2.45, 2.75) is 55.5 Å². The number of unbranched alkanes of at least 4 members (excludes halogenated alkanes) is 2. The van der Waals surface area contributed by atoms with Crippen molar-refractivity contribution in [3.8, 4) is 0 Å². The SMILES string of the molecule is CCCCC[C@@H](OC)[C@@H](I)CCCOC. The van der Waals surface area contributed by atoms with Crippen LogP contribution in [0.3, 0.4) is 0 Å². The van der Waals surface area contributed by atoms with Crippen LogP contribution in [0.2, 0.25) is 0 Å². The van der Waals surface area contributed by atoms with Gasteiger partial charge in [0.15, 0.2) is 0 Å². The molecule has 0 bridgehead atoms. The van der Waals surface area contributed by atoms with Crippen molar-refractivity contribution in [2.75, 3.05) is 20.8 Å². The minimum absolute atomic E-state index is 0.425. The number of halogens is 1. The summed E-state index contributed by atoms with van der Waals surface area (Å²) in [5.74, 6) is 0. The molecule has 2 nitrogen and oxygen atoms in total. The van der Waals surface area contributed by atoms with E-state index in [1.54, 1.807) is 7.11 Å². The summed E-state index contributed by atoms with van der Waals surface area (Å²) in [4.78, 5) is 0. The second kappa shape index (κ2) is 11.1. The Kier molecular flexibility index (Phi) is 11.6. The van der Waals surface area contributed by atoms with E-state index in [-0.39, 0.29) is 0 Å². The first-order valence-electron chi connectivity index (χ1n) is 5.92. The van der Waals surface area contributed by atoms with Crippen LogP contribution in [0.1, 0.15) is 45.4 Å². The van der Waals surface area contributed by atoms with E-state index in [4.69, 9.17) is 9.47 Å². The smallest absolute Gasteiger partial charge is 0.0688 e. The summed E-state index contributed by atoms with van der Waals surface area (Å²) in [6.45, 7) is 3.10. The van der Waals surface area contributed by atoms with Gasteiger partial charge >= 0.3 is 0 Å². The lowest BCUT2D eigenvalue weighted by atomic mass is 10.1. The van der Waals surface area contributed by atoms with Gasteiger partial charge in [-0.1, -0.05) is 48.8 Å². The van der Waals surface area contributed by atoms with Gasteiger partial charge in [0, 0.05) is 24.8 Å². The highest BCUT2D eigenvalue weighted by Gasteiger charge is 2.17. The number of hydrogen-bond donors (Lipinski definition) is 0. The Hall–Kier alpha value is 0.650. The summed E-state index contributed by atoms with van der Waals surface area (Å²) >= 11 is 2.51. The summed E-state index contributed by atoms with van der Waals surface area (Å²) in [7, 11) is 3.59. The molecule has 0 saturated heterocycles. The standard InChI is InChI=1S/C12H25IO2/c1-4-5-6-9-12(15-3)11(13)8-7-10-14-2/h11-12H,4-10H2,1-3H3/t11-,12+/m0/s1. The zero-order valence-corrected chi connectivity index (χ0v) is 12.5. The first-order chi connectivity index (χ1) is 7.26. The lowest BCUT2D eigenvalue weighted by Crippen LogP contribution is -2.23. The second-order valence-electron chi connectivity index (χ2n) is 3.92. The minimum atomic E-state index is 0.425. The molecular formula is C12H25IO2. The van der Waals surface area contributed by atoms with E-state index in [1.807, 2.05) is 7.11 Å². The molecule has 0 aromatic rings. The van der Waals surface area contributed by atoms with Gasteiger partial charge in [-0.3, -0.25) is 0 Å². The van der Waals surface area contributed by atoms with E-state index < -0.39 is 0 Å². The molecule has 3 heteroatoms. The lowest BCUT2D eigenvalue weighted by molar-refractivity contribution is 0.0895. The van der Waals surface area contributed by atoms with Gasteiger partial charge in [-0.2, -0.15) is 0 Å². The molecule has 0 rings (SSSR count). The number of methoxy groups -OCH3 is 2. The first-order valence-corrected chi connectivity index (χ1v) is 7.16. The molecule has 0 unspecified atom stereocenters. The van der Waals surface area contributed by atoms with Crippen LogP contribution in [0, 0.1) is 0 Å². The molecule has 0 fully saturated rings. The number of ether oxygens (including phenoxy) is 2. The minimum Gasteiger partial charge on any atom is -0.385 e. The van der Waals surface area contributed by atoms with Crippen molar-refractivity contribution < 1.29 is 9.47 Å². The number of hydrogen-bond acceptors (Lipinski definition) is 2. The highest BCUT2D eigenvalue weighted by atomic mass is 127. The third kappa shape index (κ3) is 8.46. The summed E-state index contributed by atoms with van der Waals surface area (Å²) in [6.07, 6.45) is 7.85. The van der Waals surface area contributed by atoms with Crippen molar-refractivity contribution >= 4 is 22.6 Å². The topological polar surface area (TPSA) is 18.5 Å². The molecule has 0 aromatic heterocycles. The molecule has 0 amide bonds. The molecule has 0 radical (unpaired) electrons. The Morgan fingerprint density at radius 2 is 1.80 bits per heavy atom. The summed E-state index contributed by atoms with van der Waals surface area (Å²) < 4.78 is 11.2. The zero-order chi connectivity index (χ0) is 11.5. The fourth-order valence-electron chi connectivity index (χ4n) is 1.65. The van der Waals surface area contributed by atoms with Crippen LogP contribution >= 0.6 is 22.6 Å². The summed E-state index contributed by atoms with van der Waals surface area (Å²) in [6, 6.07) is 0. The van der Waals surface area contributed by atoms with Crippen molar-refractivity contribution in [1.82, 2.24) is 0 Å². The first kappa shape index (κ1) is 15.7. The second-order valence-corrected chi connectivity index (χ2v) is 5.52. The van der Waals surface area contributed by atoms with Gasteiger partial charge in [-0.05, 0) is 19.3 Å². The average Bonchev–Trinajstić information content (AvgIpc) is 2.24. The molecule has 0 heterocycles. The van der Waals surface area contributed by atoms with Crippen molar-refractivity contribution in [3.05, 3.63) is 0 Å². The van der Waals surface area contributed by atoms with Crippen LogP contribution in [0.5, 0.6) is 0 Å². The van der Waals surface area contributed by atoms with E-state index in [0.29, 0.717) is 10.0 Å². The molecule has 0 spiro atoms. The molecule has 2 atom stereocenters.